The van der Waals surface area contributed by atoms with Gasteiger partial charge in [-0.2, -0.15) is 0 Å². The summed E-state index contributed by atoms with van der Waals surface area (Å²) in [6.07, 6.45) is 0. The fraction of sp³-hybridized carbons (Fsp3) is 0. The van der Waals surface area contributed by atoms with Gasteiger partial charge in [0.05, 0.1) is 0 Å². The average molecular weight is 237 g/mol. The first-order valence-electron chi connectivity index (χ1n) is 2.47. The van der Waals surface area contributed by atoms with Gasteiger partial charge in [0.2, 0.25) is 0 Å². The van der Waals surface area contributed by atoms with E-state index in [1.807, 2.05) is 0 Å². The van der Waals surface area contributed by atoms with E-state index in [1.165, 1.54) is 12.1 Å². The molecular formula is C6H5F2Sb. The molecule has 0 aliphatic rings. The molecule has 0 saturated carbocycles. The predicted octanol–water partition coefficient (Wildman–Crippen LogP) is 1.32. The third kappa shape index (κ3) is 1.94. The van der Waals surface area contributed by atoms with Crippen LogP contribution in [0, 0.1) is 0 Å². The van der Waals surface area contributed by atoms with Gasteiger partial charge < -0.3 is 0 Å². The van der Waals surface area contributed by atoms with Gasteiger partial charge in [-0.1, -0.05) is 0 Å². The van der Waals surface area contributed by atoms with Gasteiger partial charge in [-0.3, -0.25) is 0 Å². The molecule has 0 N–H and O–H groups in total. The number of hydrogen-bond donors (Lipinski definition) is 0. The third-order valence-electron chi connectivity index (χ3n) is 0.951. The molecular weight excluding hydrogens is 232 g/mol. The van der Waals surface area contributed by atoms with Crippen LogP contribution in [-0.2, 0) is 0 Å². The van der Waals surface area contributed by atoms with Gasteiger partial charge in [-0.25, -0.2) is 0 Å². The monoisotopic (exact) mass is 236 g/mol. The van der Waals surface area contributed by atoms with Crippen molar-refractivity contribution in [3.8, 4) is 0 Å². The minimum absolute atomic E-state index is 0.264. The first-order valence-corrected chi connectivity index (χ1v) is 5.68. The van der Waals surface area contributed by atoms with Gasteiger partial charge in [0, 0.05) is 0 Å². The number of benzene rings is 1. The first kappa shape index (κ1) is 7.01. The third-order valence-corrected chi connectivity index (χ3v) is 2.92. The summed E-state index contributed by atoms with van der Waals surface area (Å²) >= 11 is -3.91. The van der Waals surface area contributed by atoms with Crippen molar-refractivity contribution in [1.29, 1.82) is 0 Å². The zero-order valence-corrected chi connectivity index (χ0v) is 7.14. The Morgan fingerprint density at radius 3 is 1.89 bits per heavy atom. The molecule has 0 spiro atoms. The normalized spacial score (nSPS) is 10.1. The van der Waals surface area contributed by atoms with Crippen LogP contribution in [0.4, 0.5) is 5.63 Å². The Kier molecular flexibility index (Phi) is 2.46. The van der Waals surface area contributed by atoms with Crippen LogP contribution < -0.4 is 3.51 Å². The molecule has 0 unspecified atom stereocenters. The summed E-state index contributed by atoms with van der Waals surface area (Å²) < 4.78 is 24.2. The standard InChI is InChI=1S/C6H5.2FH.Sb/c1-2-4-6-5-3-1;;;/h1-5H;2*1H;/q;;;+2/p-2. The van der Waals surface area contributed by atoms with E-state index in [9.17, 15) is 5.63 Å². The summed E-state index contributed by atoms with van der Waals surface area (Å²) in [5.41, 5.74) is 0. The summed E-state index contributed by atoms with van der Waals surface area (Å²) in [6, 6.07) is 8.01. The van der Waals surface area contributed by atoms with Gasteiger partial charge in [-0.05, 0) is 0 Å². The molecule has 0 radical (unpaired) electrons. The Bertz CT molecular complexity index is 174. The molecule has 0 aromatic heterocycles. The quantitative estimate of drug-likeness (QED) is 0.646. The van der Waals surface area contributed by atoms with E-state index in [2.05, 4.69) is 0 Å². The van der Waals surface area contributed by atoms with Gasteiger partial charge in [0.25, 0.3) is 0 Å². The van der Waals surface area contributed by atoms with Crippen LogP contribution in [0.15, 0.2) is 30.3 Å². The molecule has 48 valence electrons. The Morgan fingerprint density at radius 2 is 1.56 bits per heavy atom. The van der Waals surface area contributed by atoms with Crippen molar-refractivity contribution in [3.05, 3.63) is 30.3 Å². The molecule has 9 heavy (non-hydrogen) atoms. The summed E-state index contributed by atoms with van der Waals surface area (Å²) in [4.78, 5) is 0. The molecule has 3 heteroatoms. The molecule has 1 rings (SSSR count). The molecule has 0 bridgehead atoms. The SMILES string of the molecule is [F][Sb]([F])[c]1ccccc1. The Hall–Kier alpha value is -0.102. The molecule has 0 heterocycles. The minimum atomic E-state index is -3.91. The number of rotatable bonds is 1. The molecule has 0 atom stereocenters. The first-order chi connectivity index (χ1) is 4.30. The molecule has 1 aromatic rings. The number of halogens is 2. The topological polar surface area (TPSA) is 0 Å². The molecule has 0 saturated heterocycles. The van der Waals surface area contributed by atoms with Crippen molar-refractivity contribution in [2.24, 2.45) is 0 Å². The summed E-state index contributed by atoms with van der Waals surface area (Å²) in [5, 5.41) is 0. The van der Waals surface area contributed by atoms with Crippen LogP contribution >= 0.6 is 0 Å². The molecule has 0 aliphatic heterocycles. The van der Waals surface area contributed by atoms with E-state index in [4.69, 9.17) is 0 Å². The zero-order chi connectivity index (χ0) is 6.69. The van der Waals surface area contributed by atoms with E-state index in [0.717, 1.165) is 0 Å². The summed E-state index contributed by atoms with van der Waals surface area (Å²) in [7, 11) is 0. The predicted molar refractivity (Wildman–Crippen MR) is 34.0 cm³/mol. The average Bonchev–Trinajstić information content (AvgIpc) is 1.90. The van der Waals surface area contributed by atoms with Crippen LogP contribution in [0.1, 0.15) is 0 Å². The second-order valence-corrected chi connectivity index (χ2v) is 4.37. The number of hydrogen-bond acceptors (Lipinski definition) is 0. The van der Waals surface area contributed by atoms with E-state index in [1.54, 1.807) is 18.2 Å². The van der Waals surface area contributed by atoms with Crippen molar-refractivity contribution >= 4 is 24.9 Å². The van der Waals surface area contributed by atoms with E-state index < -0.39 is 21.4 Å². The van der Waals surface area contributed by atoms with Crippen molar-refractivity contribution in [2.75, 3.05) is 0 Å². The van der Waals surface area contributed by atoms with Gasteiger partial charge >= 0.3 is 60.8 Å². The summed E-state index contributed by atoms with van der Waals surface area (Å²) in [5.74, 6) is 0. The Labute approximate surface area is 61.1 Å². The van der Waals surface area contributed by atoms with Crippen molar-refractivity contribution in [1.82, 2.24) is 0 Å². The van der Waals surface area contributed by atoms with Crippen LogP contribution in [0.3, 0.4) is 0 Å². The van der Waals surface area contributed by atoms with Gasteiger partial charge in [0.15, 0.2) is 0 Å². The Balaban J connectivity index is 2.85. The van der Waals surface area contributed by atoms with Crippen molar-refractivity contribution in [2.45, 2.75) is 0 Å². The van der Waals surface area contributed by atoms with Gasteiger partial charge in [-0.15, -0.1) is 0 Å². The maximum atomic E-state index is 12.0. The maximum absolute atomic E-state index is 12.0. The molecule has 0 fully saturated rings. The second kappa shape index (κ2) is 3.16. The molecule has 0 aliphatic carbocycles. The summed E-state index contributed by atoms with van der Waals surface area (Å²) in [6.45, 7) is 0. The zero-order valence-electron chi connectivity index (χ0n) is 4.59. The fourth-order valence-electron chi connectivity index (χ4n) is 0.541. The molecule has 0 amide bonds. The fourth-order valence-corrected chi connectivity index (χ4v) is 1.68. The van der Waals surface area contributed by atoms with Crippen LogP contribution in [0.2, 0.25) is 0 Å². The Morgan fingerprint density at radius 1 is 1.00 bits per heavy atom. The van der Waals surface area contributed by atoms with E-state index in [-0.39, 0.29) is 3.51 Å². The molecule has 0 nitrogen and oxygen atoms in total. The van der Waals surface area contributed by atoms with Crippen molar-refractivity contribution < 1.29 is 5.63 Å². The van der Waals surface area contributed by atoms with Crippen LogP contribution in [-0.4, -0.2) is 21.4 Å². The van der Waals surface area contributed by atoms with Crippen LogP contribution in [0.25, 0.3) is 0 Å². The van der Waals surface area contributed by atoms with Gasteiger partial charge in [0.1, 0.15) is 0 Å². The second-order valence-electron chi connectivity index (χ2n) is 1.57. The van der Waals surface area contributed by atoms with E-state index in [0.29, 0.717) is 0 Å². The van der Waals surface area contributed by atoms with Crippen molar-refractivity contribution in [3.63, 3.8) is 0 Å². The molecule has 1 aromatic carbocycles. The van der Waals surface area contributed by atoms with E-state index >= 15 is 0 Å². The van der Waals surface area contributed by atoms with Crippen LogP contribution in [0.5, 0.6) is 0 Å².